The summed E-state index contributed by atoms with van der Waals surface area (Å²) in [4.78, 5) is 33.8. The molecule has 0 aliphatic carbocycles. The average molecular weight is 346 g/mol. The molecule has 1 atom stereocenters. The number of aliphatic hydroxyl groups is 1. The van der Waals surface area contributed by atoms with Crippen LogP contribution in [0.4, 0.5) is 4.79 Å². The number of nitrogens with one attached hydrogen (secondary N) is 2. The molecule has 1 aliphatic heterocycles. The van der Waals surface area contributed by atoms with Gasteiger partial charge in [0.05, 0.1) is 6.54 Å². The maximum atomic E-state index is 12.3. The van der Waals surface area contributed by atoms with Crippen molar-refractivity contribution in [2.75, 3.05) is 19.7 Å². The second kappa shape index (κ2) is 7.71. The lowest BCUT2D eigenvalue weighted by atomic mass is 10.1. The minimum atomic E-state index is -0.688. The van der Waals surface area contributed by atoms with Gasteiger partial charge in [-0.05, 0) is 18.6 Å². The minimum Gasteiger partial charge on any atom is -0.396 e. The van der Waals surface area contributed by atoms with Gasteiger partial charge < -0.3 is 25.2 Å². The molecule has 3 N–H and O–H groups in total. The van der Waals surface area contributed by atoms with Crippen LogP contribution in [0.5, 0.6) is 0 Å². The highest BCUT2D eigenvalue weighted by molar-refractivity contribution is 5.88. The van der Waals surface area contributed by atoms with Crippen molar-refractivity contribution in [1.82, 2.24) is 30.7 Å². The lowest BCUT2D eigenvalue weighted by Crippen LogP contribution is -2.59. The monoisotopic (exact) mass is 346 g/mol. The molecule has 0 bridgehead atoms. The Hall–Kier alpha value is -3.01. The van der Waals surface area contributed by atoms with Crippen LogP contribution in [0.2, 0.25) is 0 Å². The summed E-state index contributed by atoms with van der Waals surface area (Å²) in [5.41, 5.74) is 0.708. The first kappa shape index (κ1) is 16.8. The second-order valence-electron chi connectivity index (χ2n) is 5.42. The quantitative estimate of drug-likeness (QED) is 0.666. The standard InChI is InChI=1S/C15H18N6O4/c22-7-3-11-14(23)17-5-6-21(11)15(24)18-9-12-19-13(20-25-12)10-2-1-4-16-8-10/h1-2,4,8,11,22H,3,5-7,9H2,(H,17,23)(H,18,24)/t11-/m1/s1. The number of carbonyl (C=O) groups is 2. The molecular weight excluding hydrogens is 328 g/mol. The third-order valence-electron chi connectivity index (χ3n) is 3.77. The van der Waals surface area contributed by atoms with Crippen molar-refractivity contribution in [3.63, 3.8) is 0 Å². The first-order valence-corrected chi connectivity index (χ1v) is 7.85. The number of rotatable bonds is 5. The fraction of sp³-hybridized carbons (Fsp3) is 0.400. The van der Waals surface area contributed by atoms with E-state index in [2.05, 4.69) is 25.8 Å². The van der Waals surface area contributed by atoms with E-state index in [0.29, 0.717) is 24.5 Å². The molecule has 3 rings (SSSR count). The molecule has 132 valence electrons. The predicted molar refractivity (Wildman–Crippen MR) is 85.0 cm³/mol. The zero-order valence-electron chi connectivity index (χ0n) is 13.4. The summed E-state index contributed by atoms with van der Waals surface area (Å²) < 4.78 is 5.11. The van der Waals surface area contributed by atoms with Gasteiger partial charge in [0.25, 0.3) is 0 Å². The van der Waals surface area contributed by atoms with Gasteiger partial charge in [0.15, 0.2) is 0 Å². The summed E-state index contributed by atoms with van der Waals surface area (Å²) >= 11 is 0. The normalized spacial score (nSPS) is 17.2. The lowest BCUT2D eigenvalue weighted by Gasteiger charge is -2.34. The van der Waals surface area contributed by atoms with Crippen LogP contribution in [0.1, 0.15) is 12.3 Å². The number of hydrogen-bond acceptors (Lipinski definition) is 7. The Balaban J connectivity index is 1.60. The molecule has 1 fully saturated rings. The van der Waals surface area contributed by atoms with E-state index in [4.69, 9.17) is 9.63 Å². The highest BCUT2D eigenvalue weighted by atomic mass is 16.5. The molecule has 3 heterocycles. The third-order valence-corrected chi connectivity index (χ3v) is 3.77. The Bertz CT molecular complexity index is 735. The van der Waals surface area contributed by atoms with Crippen LogP contribution in [0.15, 0.2) is 29.0 Å². The van der Waals surface area contributed by atoms with E-state index < -0.39 is 12.1 Å². The zero-order valence-corrected chi connectivity index (χ0v) is 13.4. The molecular formula is C15H18N6O4. The van der Waals surface area contributed by atoms with Crippen molar-refractivity contribution in [3.8, 4) is 11.4 Å². The van der Waals surface area contributed by atoms with Crippen molar-refractivity contribution in [2.45, 2.75) is 19.0 Å². The largest absolute Gasteiger partial charge is 0.396 e. The second-order valence-corrected chi connectivity index (χ2v) is 5.42. The highest BCUT2D eigenvalue weighted by Gasteiger charge is 2.32. The minimum absolute atomic E-state index is 0.0378. The van der Waals surface area contributed by atoms with E-state index in [-0.39, 0.29) is 31.4 Å². The van der Waals surface area contributed by atoms with Crippen molar-refractivity contribution in [1.29, 1.82) is 0 Å². The fourth-order valence-electron chi connectivity index (χ4n) is 2.56. The van der Waals surface area contributed by atoms with E-state index in [9.17, 15) is 9.59 Å². The van der Waals surface area contributed by atoms with E-state index in [1.165, 1.54) is 4.90 Å². The summed E-state index contributed by atoms with van der Waals surface area (Å²) in [6.07, 6.45) is 3.44. The number of piperazine rings is 1. The summed E-state index contributed by atoms with van der Waals surface area (Å²) in [6.45, 7) is 0.600. The molecule has 0 spiro atoms. The van der Waals surface area contributed by atoms with Gasteiger partial charge in [0.2, 0.25) is 17.6 Å². The fourth-order valence-corrected chi connectivity index (χ4v) is 2.56. The number of pyridine rings is 1. The number of carbonyl (C=O) groups excluding carboxylic acids is 2. The van der Waals surface area contributed by atoms with Crippen LogP contribution in [0.3, 0.4) is 0 Å². The molecule has 0 radical (unpaired) electrons. The Morgan fingerprint density at radius 2 is 2.40 bits per heavy atom. The van der Waals surface area contributed by atoms with Gasteiger partial charge in [-0.1, -0.05) is 5.16 Å². The molecule has 3 amide bonds. The smallest absolute Gasteiger partial charge is 0.318 e. The number of amides is 3. The van der Waals surface area contributed by atoms with Crippen LogP contribution in [-0.4, -0.2) is 62.8 Å². The molecule has 2 aromatic rings. The topological polar surface area (TPSA) is 133 Å². The zero-order chi connectivity index (χ0) is 17.6. The number of aromatic nitrogens is 3. The van der Waals surface area contributed by atoms with Gasteiger partial charge in [0.1, 0.15) is 6.04 Å². The Labute approximate surface area is 143 Å². The Morgan fingerprint density at radius 3 is 3.16 bits per heavy atom. The van der Waals surface area contributed by atoms with Gasteiger partial charge in [-0.2, -0.15) is 4.98 Å². The SMILES string of the molecule is O=C1NCCN(C(=O)NCc2nc(-c3cccnc3)no2)[C@@H]1CCO. The molecule has 10 heteroatoms. The van der Waals surface area contributed by atoms with Crippen LogP contribution in [0, 0.1) is 0 Å². The van der Waals surface area contributed by atoms with Crippen molar-refractivity contribution >= 4 is 11.9 Å². The van der Waals surface area contributed by atoms with Crippen molar-refractivity contribution in [3.05, 3.63) is 30.4 Å². The van der Waals surface area contributed by atoms with E-state index in [0.717, 1.165) is 0 Å². The van der Waals surface area contributed by atoms with Crippen LogP contribution in [0.25, 0.3) is 11.4 Å². The van der Waals surface area contributed by atoms with Gasteiger partial charge >= 0.3 is 6.03 Å². The van der Waals surface area contributed by atoms with Crippen molar-refractivity contribution < 1.29 is 19.2 Å². The lowest BCUT2D eigenvalue weighted by molar-refractivity contribution is -0.128. The Kier molecular flexibility index (Phi) is 5.19. The molecule has 25 heavy (non-hydrogen) atoms. The van der Waals surface area contributed by atoms with E-state index in [1.54, 1.807) is 24.5 Å². The summed E-state index contributed by atoms with van der Waals surface area (Å²) in [6, 6.07) is 2.45. The maximum absolute atomic E-state index is 12.3. The molecule has 0 saturated carbocycles. The average Bonchev–Trinajstić information content (AvgIpc) is 3.11. The molecule has 10 nitrogen and oxygen atoms in total. The molecule has 0 unspecified atom stereocenters. The van der Waals surface area contributed by atoms with Crippen molar-refractivity contribution in [2.24, 2.45) is 0 Å². The van der Waals surface area contributed by atoms with Crippen LogP contribution in [-0.2, 0) is 11.3 Å². The van der Waals surface area contributed by atoms with Gasteiger partial charge in [0, 0.05) is 37.7 Å². The van der Waals surface area contributed by atoms with E-state index >= 15 is 0 Å². The maximum Gasteiger partial charge on any atom is 0.318 e. The van der Waals surface area contributed by atoms with Gasteiger partial charge in [-0.15, -0.1) is 0 Å². The summed E-state index contributed by atoms with van der Waals surface area (Å²) in [5, 5.41) is 18.3. The van der Waals surface area contributed by atoms with Crippen LogP contribution < -0.4 is 10.6 Å². The number of urea groups is 1. The molecule has 1 aliphatic rings. The van der Waals surface area contributed by atoms with Gasteiger partial charge in [-0.3, -0.25) is 9.78 Å². The Morgan fingerprint density at radius 1 is 1.52 bits per heavy atom. The van der Waals surface area contributed by atoms with Gasteiger partial charge in [-0.25, -0.2) is 4.79 Å². The number of aliphatic hydroxyl groups excluding tert-OH is 1. The first-order chi connectivity index (χ1) is 12.2. The first-order valence-electron chi connectivity index (χ1n) is 7.85. The van der Waals surface area contributed by atoms with E-state index in [1.807, 2.05) is 0 Å². The molecule has 2 aromatic heterocycles. The number of nitrogens with zero attached hydrogens (tertiary/aromatic N) is 4. The molecule has 0 aromatic carbocycles. The highest BCUT2D eigenvalue weighted by Crippen LogP contribution is 2.14. The summed E-state index contributed by atoms with van der Waals surface area (Å²) in [7, 11) is 0. The predicted octanol–water partition coefficient (Wildman–Crippen LogP) is -0.476. The molecule has 1 saturated heterocycles. The van der Waals surface area contributed by atoms with Crippen LogP contribution >= 0.6 is 0 Å². The third kappa shape index (κ3) is 3.91. The summed E-state index contributed by atoms with van der Waals surface area (Å²) in [5.74, 6) is 0.354. The number of hydrogen-bond donors (Lipinski definition) is 3.